The van der Waals surface area contributed by atoms with Crippen molar-refractivity contribution < 1.29 is 14.2 Å². The maximum absolute atomic E-state index is 5.73. The van der Waals surface area contributed by atoms with E-state index in [0.29, 0.717) is 5.92 Å². The second-order valence-corrected chi connectivity index (χ2v) is 6.39. The second kappa shape index (κ2) is 10.6. The summed E-state index contributed by atoms with van der Waals surface area (Å²) in [7, 11) is 1.73. The van der Waals surface area contributed by atoms with E-state index in [9.17, 15) is 0 Å². The summed E-state index contributed by atoms with van der Waals surface area (Å²) in [5.41, 5.74) is 0.272. The Hall–Kier alpha value is -0.160. The molecule has 20 heavy (non-hydrogen) atoms. The molecule has 0 aromatic rings. The van der Waals surface area contributed by atoms with Crippen molar-refractivity contribution in [3.05, 3.63) is 0 Å². The van der Waals surface area contributed by atoms with Crippen LogP contribution in [0.4, 0.5) is 0 Å². The van der Waals surface area contributed by atoms with Crippen LogP contribution < -0.4 is 5.32 Å². The van der Waals surface area contributed by atoms with E-state index in [1.807, 2.05) is 0 Å². The number of ether oxygens (including phenoxy) is 3. The zero-order valence-corrected chi connectivity index (χ0v) is 13.6. The molecule has 1 fully saturated rings. The Morgan fingerprint density at radius 2 is 2.10 bits per heavy atom. The minimum absolute atomic E-state index is 0.272. The SMILES string of the molecule is COCCCOCCC1(CNCC(C)C)CCCOC1. The van der Waals surface area contributed by atoms with Crippen molar-refractivity contribution in [2.45, 2.75) is 39.5 Å². The molecule has 1 N–H and O–H groups in total. The maximum atomic E-state index is 5.73. The summed E-state index contributed by atoms with van der Waals surface area (Å²) in [6.07, 6.45) is 4.49. The predicted molar refractivity (Wildman–Crippen MR) is 82.1 cm³/mol. The van der Waals surface area contributed by atoms with E-state index in [2.05, 4.69) is 19.2 Å². The van der Waals surface area contributed by atoms with Crippen molar-refractivity contribution in [2.75, 3.05) is 53.2 Å². The fourth-order valence-electron chi connectivity index (χ4n) is 2.66. The molecule has 1 heterocycles. The van der Waals surface area contributed by atoms with E-state index in [1.165, 1.54) is 12.8 Å². The number of methoxy groups -OCH3 is 1. The predicted octanol–water partition coefficient (Wildman–Crippen LogP) is 2.47. The van der Waals surface area contributed by atoms with E-state index in [4.69, 9.17) is 14.2 Å². The molecule has 0 aromatic heterocycles. The van der Waals surface area contributed by atoms with Gasteiger partial charge in [0.05, 0.1) is 6.61 Å². The monoisotopic (exact) mass is 287 g/mol. The van der Waals surface area contributed by atoms with Crippen LogP contribution in [0.5, 0.6) is 0 Å². The summed E-state index contributed by atoms with van der Waals surface area (Å²) in [6, 6.07) is 0. The zero-order valence-electron chi connectivity index (χ0n) is 13.6. The van der Waals surface area contributed by atoms with Crippen LogP contribution in [-0.2, 0) is 14.2 Å². The van der Waals surface area contributed by atoms with Gasteiger partial charge in [0.1, 0.15) is 0 Å². The first-order valence-corrected chi connectivity index (χ1v) is 8.04. The zero-order chi connectivity index (χ0) is 14.7. The molecule has 0 aliphatic carbocycles. The largest absolute Gasteiger partial charge is 0.385 e. The van der Waals surface area contributed by atoms with Gasteiger partial charge in [-0.05, 0) is 38.1 Å². The van der Waals surface area contributed by atoms with Gasteiger partial charge in [0, 0.05) is 45.5 Å². The summed E-state index contributed by atoms with van der Waals surface area (Å²) in [6.45, 7) is 10.8. The average Bonchev–Trinajstić information content (AvgIpc) is 2.43. The number of rotatable bonds is 11. The first-order chi connectivity index (χ1) is 9.68. The lowest BCUT2D eigenvalue weighted by Gasteiger charge is -2.37. The van der Waals surface area contributed by atoms with Crippen molar-refractivity contribution >= 4 is 0 Å². The van der Waals surface area contributed by atoms with Gasteiger partial charge in [-0.25, -0.2) is 0 Å². The fourth-order valence-corrected chi connectivity index (χ4v) is 2.66. The Morgan fingerprint density at radius 3 is 2.75 bits per heavy atom. The Kier molecular flexibility index (Phi) is 9.44. The molecular formula is C16H33NO3. The van der Waals surface area contributed by atoms with Gasteiger partial charge >= 0.3 is 0 Å². The van der Waals surface area contributed by atoms with Crippen molar-refractivity contribution in [1.29, 1.82) is 0 Å². The van der Waals surface area contributed by atoms with E-state index >= 15 is 0 Å². The molecule has 120 valence electrons. The lowest BCUT2D eigenvalue weighted by molar-refractivity contribution is -0.0283. The van der Waals surface area contributed by atoms with Gasteiger partial charge in [-0.3, -0.25) is 0 Å². The molecule has 1 atom stereocenters. The van der Waals surface area contributed by atoms with Crippen LogP contribution in [0.25, 0.3) is 0 Å². The molecule has 0 radical (unpaired) electrons. The highest BCUT2D eigenvalue weighted by Gasteiger charge is 2.32. The molecule has 1 unspecified atom stereocenters. The van der Waals surface area contributed by atoms with Crippen LogP contribution in [0.2, 0.25) is 0 Å². The third-order valence-electron chi connectivity index (χ3n) is 3.87. The average molecular weight is 287 g/mol. The number of hydrogen-bond acceptors (Lipinski definition) is 4. The van der Waals surface area contributed by atoms with Crippen LogP contribution in [0, 0.1) is 11.3 Å². The molecule has 4 heteroatoms. The molecule has 0 bridgehead atoms. The third-order valence-corrected chi connectivity index (χ3v) is 3.87. The molecule has 1 aliphatic rings. The van der Waals surface area contributed by atoms with Crippen LogP contribution in [0.3, 0.4) is 0 Å². The maximum Gasteiger partial charge on any atom is 0.0535 e. The summed E-state index contributed by atoms with van der Waals surface area (Å²) in [5, 5.41) is 3.60. The molecule has 0 aromatic carbocycles. The van der Waals surface area contributed by atoms with Crippen LogP contribution in [0.15, 0.2) is 0 Å². The van der Waals surface area contributed by atoms with Gasteiger partial charge in [-0.2, -0.15) is 0 Å². The molecule has 0 spiro atoms. The van der Waals surface area contributed by atoms with Crippen molar-refractivity contribution in [1.82, 2.24) is 5.32 Å². The van der Waals surface area contributed by atoms with E-state index < -0.39 is 0 Å². The van der Waals surface area contributed by atoms with Crippen LogP contribution in [0.1, 0.15) is 39.5 Å². The number of nitrogens with one attached hydrogen (secondary N) is 1. The quantitative estimate of drug-likeness (QED) is 0.593. The normalized spacial score (nSPS) is 23.4. The number of hydrogen-bond donors (Lipinski definition) is 1. The topological polar surface area (TPSA) is 39.7 Å². The summed E-state index contributed by atoms with van der Waals surface area (Å²) in [4.78, 5) is 0. The highest BCUT2D eigenvalue weighted by atomic mass is 16.5. The van der Waals surface area contributed by atoms with Gasteiger partial charge in [0.25, 0.3) is 0 Å². The first-order valence-electron chi connectivity index (χ1n) is 8.04. The van der Waals surface area contributed by atoms with E-state index in [1.54, 1.807) is 7.11 Å². The summed E-state index contributed by atoms with van der Waals surface area (Å²) in [5.74, 6) is 0.696. The van der Waals surface area contributed by atoms with Crippen LogP contribution >= 0.6 is 0 Å². The molecule has 0 saturated carbocycles. The Balaban J connectivity index is 2.24. The highest BCUT2D eigenvalue weighted by Crippen LogP contribution is 2.31. The molecule has 1 saturated heterocycles. The van der Waals surface area contributed by atoms with Crippen molar-refractivity contribution in [2.24, 2.45) is 11.3 Å². The third kappa shape index (κ3) is 7.58. The lowest BCUT2D eigenvalue weighted by Crippen LogP contribution is -2.42. The fraction of sp³-hybridized carbons (Fsp3) is 1.00. The molecule has 1 aliphatic heterocycles. The van der Waals surface area contributed by atoms with Crippen molar-refractivity contribution in [3.8, 4) is 0 Å². The Labute approximate surface area is 124 Å². The van der Waals surface area contributed by atoms with Gasteiger partial charge in [-0.15, -0.1) is 0 Å². The Morgan fingerprint density at radius 1 is 1.25 bits per heavy atom. The summed E-state index contributed by atoms with van der Waals surface area (Å²) < 4.78 is 16.5. The van der Waals surface area contributed by atoms with Gasteiger partial charge < -0.3 is 19.5 Å². The Bertz CT molecular complexity index is 228. The molecule has 1 rings (SSSR count). The van der Waals surface area contributed by atoms with E-state index in [0.717, 1.165) is 59.0 Å². The molecular weight excluding hydrogens is 254 g/mol. The van der Waals surface area contributed by atoms with Crippen molar-refractivity contribution in [3.63, 3.8) is 0 Å². The molecule has 4 nitrogen and oxygen atoms in total. The van der Waals surface area contributed by atoms with Gasteiger partial charge in [-0.1, -0.05) is 13.8 Å². The van der Waals surface area contributed by atoms with Gasteiger partial charge in [0.2, 0.25) is 0 Å². The smallest absolute Gasteiger partial charge is 0.0535 e. The second-order valence-electron chi connectivity index (χ2n) is 6.39. The lowest BCUT2D eigenvalue weighted by atomic mass is 9.79. The van der Waals surface area contributed by atoms with Crippen LogP contribution in [-0.4, -0.2) is 53.2 Å². The molecule has 0 amide bonds. The standard InChI is InChI=1S/C16H33NO3/c1-15(2)12-17-13-16(6-4-9-20-14-16)7-11-19-10-5-8-18-3/h15,17H,4-14H2,1-3H3. The summed E-state index contributed by atoms with van der Waals surface area (Å²) >= 11 is 0. The van der Waals surface area contributed by atoms with Gasteiger partial charge in [0.15, 0.2) is 0 Å². The van der Waals surface area contributed by atoms with E-state index in [-0.39, 0.29) is 5.41 Å². The minimum atomic E-state index is 0.272. The minimum Gasteiger partial charge on any atom is -0.385 e. The first kappa shape index (κ1) is 17.9. The highest BCUT2D eigenvalue weighted by molar-refractivity contribution is 4.84.